The minimum absolute atomic E-state index is 0. The molecule has 246 valence electrons. The first-order valence-corrected chi connectivity index (χ1v) is 17.6. The molecule has 1 aliphatic carbocycles. The number of fused-ring (bicyclic) bond motifs is 2. The molecule has 1 aromatic carbocycles. The molecule has 2 aromatic rings. The molecule has 18 heteroatoms. The Bertz CT molecular complexity index is 1780. The van der Waals surface area contributed by atoms with Gasteiger partial charge in [0, 0.05) is 53.7 Å². The summed E-state index contributed by atoms with van der Waals surface area (Å²) in [5.41, 5.74) is -1.03. The van der Waals surface area contributed by atoms with Gasteiger partial charge in [0.25, 0.3) is 0 Å². The third-order valence-corrected chi connectivity index (χ3v) is 12.2. The summed E-state index contributed by atoms with van der Waals surface area (Å²) < 4.78 is 17.7. The second-order valence-corrected chi connectivity index (χ2v) is 15.3. The average Bonchev–Trinajstić information content (AvgIpc) is 3.67. The number of β-lactam (4-membered cyclic amide) rings is 1. The first kappa shape index (κ1) is 39.9. The van der Waals surface area contributed by atoms with Gasteiger partial charge in [-0.15, -0.1) is 11.8 Å². The Kier molecular flexibility index (Phi) is 13.1. The Morgan fingerprint density at radius 1 is 1.19 bits per heavy atom. The van der Waals surface area contributed by atoms with Gasteiger partial charge in [0.15, 0.2) is 5.43 Å². The van der Waals surface area contributed by atoms with Gasteiger partial charge in [0.05, 0.1) is 62.9 Å². The van der Waals surface area contributed by atoms with Crippen LogP contribution in [-0.4, -0.2) is 79.5 Å². The molecule has 11 nitrogen and oxygen atoms in total. The number of aliphatic carboxylic acids is 1. The number of amides is 1. The number of aliphatic hydroxyl groups excluding tert-OH is 1. The van der Waals surface area contributed by atoms with Crippen LogP contribution in [0, 0.1) is 17.7 Å². The van der Waals surface area contributed by atoms with Crippen molar-refractivity contribution >= 4 is 86.1 Å². The van der Waals surface area contributed by atoms with Gasteiger partial charge in [-0.05, 0) is 32.3 Å². The third-order valence-electron chi connectivity index (χ3n) is 9.05. The number of hydrogen-bond acceptors (Lipinski definition) is 11. The van der Waals surface area contributed by atoms with Crippen LogP contribution in [0.3, 0.4) is 0 Å². The van der Waals surface area contributed by atoms with Crippen LogP contribution in [0.4, 0.5) is 10.1 Å². The smallest absolute Gasteiger partial charge is 0.545 e. The fraction of sp³-hybridized carbons (Fsp3) is 0.500. The second-order valence-electron chi connectivity index (χ2n) is 12.0. The Morgan fingerprint density at radius 3 is 2.48 bits per heavy atom. The molecule has 1 saturated carbocycles. The van der Waals surface area contributed by atoms with E-state index in [1.165, 1.54) is 41.5 Å². The van der Waals surface area contributed by atoms with E-state index < -0.39 is 52.7 Å². The summed E-state index contributed by atoms with van der Waals surface area (Å²) in [4.78, 5) is 52.4. The van der Waals surface area contributed by atoms with Gasteiger partial charge in [-0.3, -0.25) is 9.59 Å². The summed E-state index contributed by atoms with van der Waals surface area (Å²) >= 11 is 15.0. The van der Waals surface area contributed by atoms with Crippen LogP contribution in [0.1, 0.15) is 49.5 Å². The van der Waals surface area contributed by atoms with E-state index >= 15 is 4.39 Å². The van der Waals surface area contributed by atoms with Crippen molar-refractivity contribution in [1.29, 1.82) is 0 Å². The number of aromatic carboxylic acids is 1. The SMILES string of the molecule is CC1C(SCCSC(=S)NC2CCN(c3c(F)cc4c(=O)c(C(=O)[O-])cn(C5CC5)c4c3Cl)C2)=C(C(=O)[O-])N2C(=O)[C@@H]([C@@H](C)O)[C@H]12.[Na+].[Na+]. The average molecular weight is 755 g/mol. The number of anilines is 1. The number of carboxylic acids is 2. The first-order valence-electron chi connectivity index (χ1n) is 14.9. The van der Waals surface area contributed by atoms with Crippen LogP contribution in [0.5, 0.6) is 0 Å². The number of carbonyl (C=O) groups is 3. The van der Waals surface area contributed by atoms with Gasteiger partial charge >= 0.3 is 59.1 Å². The minimum Gasteiger partial charge on any atom is -0.545 e. The normalized spacial score (nSPS) is 23.7. The maximum Gasteiger partial charge on any atom is 1.00 e. The zero-order chi connectivity index (χ0) is 33.2. The topological polar surface area (TPSA) is 158 Å². The zero-order valence-electron chi connectivity index (χ0n) is 26.8. The van der Waals surface area contributed by atoms with Gasteiger partial charge in [-0.1, -0.05) is 42.5 Å². The number of hydrogen-bond donors (Lipinski definition) is 2. The Balaban J connectivity index is 0.00000260. The van der Waals surface area contributed by atoms with Crippen molar-refractivity contribution in [3.8, 4) is 0 Å². The van der Waals surface area contributed by atoms with E-state index in [1.807, 2.05) is 6.92 Å². The summed E-state index contributed by atoms with van der Waals surface area (Å²) in [6, 6.07) is 0.511. The van der Waals surface area contributed by atoms with E-state index in [-0.39, 0.29) is 98.9 Å². The van der Waals surface area contributed by atoms with E-state index in [4.69, 9.17) is 23.8 Å². The number of aromatic nitrogens is 1. The largest absolute Gasteiger partial charge is 1.00 e. The molecule has 1 aromatic heterocycles. The number of nitrogens with one attached hydrogen (secondary N) is 1. The summed E-state index contributed by atoms with van der Waals surface area (Å²) in [6.45, 7) is 4.23. The number of pyridine rings is 1. The van der Waals surface area contributed by atoms with Crippen molar-refractivity contribution in [2.75, 3.05) is 29.5 Å². The van der Waals surface area contributed by atoms with Gasteiger partial charge < -0.3 is 44.6 Å². The number of rotatable bonds is 10. The Morgan fingerprint density at radius 2 is 1.88 bits per heavy atom. The van der Waals surface area contributed by atoms with Crippen LogP contribution in [-0.2, 0) is 9.59 Å². The molecular weight excluding hydrogens is 725 g/mol. The number of aliphatic hydroxyl groups is 1. The fourth-order valence-electron chi connectivity index (χ4n) is 6.79. The number of nitrogens with zero attached hydrogens (tertiary/aromatic N) is 3. The summed E-state index contributed by atoms with van der Waals surface area (Å²) in [5, 5.41) is 36.7. The molecule has 5 atom stereocenters. The minimum atomic E-state index is -1.62. The van der Waals surface area contributed by atoms with Crippen LogP contribution in [0.2, 0.25) is 5.02 Å². The molecule has 2 unspecified atom stereocenters. The monoisotopic (exact) mass is 754 g/mol. The van der Waals surface area contributed by atoms with E-state index in [9.17, 15) is 34.5 Å². The molecule has 1 amide bonds. The molecule has 0 bridgehead atoms. The molecular formula is C30H30ClFN4Na2O7S3. The molecule has 2 N–H and O–H groups in total. The van der Waals surface area contributed by atoms with Crippen molar-refractivity contribution in [1.82, 2.24) is 14.8 Å². The molecule has 0 spiro atoms. The van der Waals surface area contributed by atoms with Crippen molar-refractivity contribution < 1.29 is 93.2 Å². The molecule has 4 heterocycles. The second kappa shape index (κ2) is 15.8. The number of carbonyl (C=O) groups excluding carboxylic acids is 3. The number of thiocarbonyl (C=S) groups is 1. The van der Waals surface area contributed by atoms with Gasteiger partial charge in [-0.2, -0.15) is 0 Å². The molecule has 48 heavy (non-hydrogen) atoms. The number of carboxylic acid groups (broad SMARTS) is 2. The van der Waals surface area contributed by atoms with Crippen LogP contribution in [0.15, 0.2) is 27.7 Å². The Hall–Kier alpha value is -0.850. The summed E-state index contributed by atoms with van der Waals surface area (Å²) in [7, 11) is 0. The Labute approximate surface area is 338 Å². The fourth-order valence-corrected chi connectivity index (χ4v) is 9.66. The molecule has 6 rings (SSSR count). The molecule has 0 radical (unpaired) electrons. The van der Waals surface area contributed by atoms with Gasteiger partial charge in [0.1, 0.15) is 10.1 Å². The molecule has 3 fully saturated rings. The van der Waals surface area contributed by atoms with E-state index in [0.29, 0.717) is 45.8 Å². The van der Waals surface area contributed by atoms with Crippen molar-refractivity contribution in [3.63, 3.8) is 0 Å². The predicted molar refractivity (Wildman–Crippen MR) is 174 cm³/mol. The van der Waals surface area contributed by atoms with Gasteiger partial charge in [-0.25, -0.2) is 4.39 Å². The van der Waals surface area contributed by atoms with Crippen LogP contribution in [0.25, 0.3) is 10.9 Å². The van der Waals surface area contributed by atoms with E-state index in [0.717, 1.165) is 18.9 Å². The first-order chi connectivity index (χ1) is 21.8. The van der Waals surface area contributed by atoms with Crippen molar-refractivity contribution in [3.05, 3.63) is 49.5 Å². The number of halogens is 2. The maximum atomic E-state index is 15.5. The van der Waals surface area contributed by atoms with Crippen LogP contribution >= 0.6 is 47.3 Å². The number of benzene rings is 1. The quantitative estimate of drug-likeness (QED) is 0.104. The van der Waals surface area contributed by atoms with Crippen molar-refractivity contribution in [2.24, 2.45) is 11.8 Å². The number of thioether (sulfide) groups is 2. The molecule has 2 saturated heterocycles. The predicted octanol–water partition coefficient (Wildman–Crippen LogP) is -4.76. The van der Waals surface area contributed by atoms with E-state index in [2.05, 4.69) is 5.32 Å². The standard InChI is InChI=1S/C30H32ClFN4O7S3.2Na/c1-12-21-19(13(2)37)27(39)36(21)24(29(42)43)26(12)45-7-8-46-30(44)33-14-5-6-34(10-14)23-18(32)9-16-22(20(23)31)35(15-3-4-15)11-17(25(16)38)28(40)41;;/h9,11-15,19,21,37H,3-8,10H2,1-2H3,(H,33,44)(H,40,41)(H,42,43);;/q;2*+1/p-2/t12?,13-,14?,19+,21+;;/m1../s1. The van der Waals surface area contributed by atoms with Crippen LogP contribution < -0.4 is 85.0 Å². The summed E-state index contributed by atoms with van der Waals surface area (Å²) in [5.74, 6) is -3.96. The van der Waals surface area contributed by atoms with Crippen molar-refractivity contribution in [2.45, 2.75) is 57.3 Å². The van der Waals surface area contributed by atoms with E-state index in [1.54, 1.807) is 9.47 Å². The molecule has 3 aliphatic heterocycles. The maximum absolute atomic E-state index is 15.5. The van der Waals surface area contributed by atoms with Gasteiger partial charge in [0.2, 0.25) is 5.91 Å². The third kappa shape index (κ3) is 7.25. The zero-order valence-corrected chi connectivity index (χ0v) is 34.0. The molecule has 4 aliphatic rings. The summed E-state index contributed by atoms with van der Waals surface area (Å²) in [6.07, 6.45) is 2.57.